The molecule has 0 bridgehead atoms. The fraction of sp³-hybridized carbons (Fsp3) is 0.227. The Morgan fingerprint density at radius 1 is 0.966 bits per heavy atom. The predicted octanol–water partition coefficient (Wildman–Crippen LogP) is 4.57. The third kappa shape index (κ3) is 4.45. The number of carboxylic acids is 1. The van der Waals surface area contributed by atoms with Crippen LogP contribution in [0.5, 0.6) is 0 Å². The molecule has 0 aliphatic carbocycles. The Balaban J connectivity index is 1.52. The van der Waals surface area contributed by atoms with Crippen LogP contribution in [0, 0.1) is 6.92 Å². The van der Waals surface area contributed by atoms with Crippen LogP contribution in [0.3, 0.4) is 0 Å². The van der Waals surface area contributed by atoms with E-state index in [1.165, 1.54) is 18.5 Å². The molecular formula is C22H23N5O2. The minimum Gasteiger partial charge on any atom is -0.478 e. The Hall–Kier alpha value is -3.61. The number of benzene rings is 2. The lowest BCUT2D eigenvalue weighted by molar-refractivity contribution is 0.0698. The van der Waals surface area contributed by atoms with Gasteiger partial charge in [0, 0.05) is 30.5 Å². The summed E-state index contributed by atoms with van der Waals surface area (Å²) in [7, 11) is 0. The average molecular weight is 389 g/mol. The van der Waals surface area contributed by atoms with Crippen LogP contribution >= 0.6 is 0 Å². The van der Waals surface area contributed by atoms with Crippen LogP contribution < -0.4 is 15.5 Å². The van der Waals surface area contributed by atoms with Crippen molar-refractivity contribution in [3.05, 3.63) is 66.0 Å². The van der Waals surface area contributed by atoms with E-state index in [9.17, 15) is 9.90 Å². The topological polar surface area (TPSA) is 90.4 Å². The molecule has 7 nitrogen and oxygen atoms in total. The maximum Gasteiger partial charge on any atom is 0.337 e. The zero-order valence-electron chi connectivity index (χ0n) is 16.2. The van der Waals surface area contributed by atoms with Gasteiger partial charge in [0.05, 0.1) is 11.3 Å². The second-order valence-electron chi connectivity index (χ2n) is 7.03. The standard InChI is InChI=1S/C22H23N5O2/c1-15-23-20(25-16-8-10-17(11-9-16)27-12-4-5-13-27)14-21(24-15)26-19-7-3-2-6-18(19)22(28)29/h2-3,6-11,14H,4-5,12-13H2,1H3,(H,28,29)(H2,23,24,25,26). The molecule has 4 rings (SSSR count). The van der Waals surface area contributed by atoms with Crippen LogP contribution in [0.25, 0.3) is 0 Å². The summed E-state index contributed by atoms with van der Waals surface area (Å²) in [6.45, 7) is 4.03. The summed E-state index contributed by atoms with van der Waals surface area (Å²) < 4.78 is 0. The monoisotopic (exact) mass is 389 g/mol. The first-order valence-corrected chi connectivity index (χ1v) is 9.65. The molecule has 29 heavy (non-hydrogen) atoms. The highest BCUT2D eigenvalue weighted by molar-refractivity contribution is 5.95. The van der Waals surface area contributed by atoms with Gasteiger partial charge in [0.25, 0.3) is 0 Å². The van der Waals surface area contributed by atoms with Crippen LogP contribution in [0.4, 0.5) is 28.7 Å². The Kier molecular flexibility index (Phi) is 5.29. The zero-order chi connectivity index (χ0) is 20.2. The molecule has 0 spiro atoms. The number of para-hydroxylation sites is 1. The van der Waals surface area contributed by atoms with Crippen molar-refractivity contribution in [2.24, 2.45) is 0 Å². The molecule has 0 amide bonds. The minimum atomic E-state index is -0.990. The molecule has 1 fully saturated rings. The maximum atomic E-state index is 11.4. The van der Waals surface area contributed by atoms with Crippen LogP contribution in [0.1, 0.15) is 29.0 Å². The van der Waals surface area contributed by atoms with E-state index in [1.54, 1.807) is 37.3 Å². The molecular weight excluding hydrogens is 366 g/mol. The van der Waals surface area contributed by atoms with Crippen LogP contribution in [0.15, 0.2) is 54.6 Å². The summed E-state index contributed by atoms with van der Waals surface area (Å²) in [4.78, 5) is 22.6. The van der Waals surface area contributed by atoms with Gasteiger partial charge in [0.1, 0.15) is 17.5 Å². The third-order valence-electron chi connectivity index (χ3n) is 4.87. The molecule has 2 aromatic carbocycles. The van der Waals surface area contributed by atoms with Gasteiger partial charge in [-0.25, -0.2) is 14.8 Å². The number of hydrogen-bond donors (Lipinski definition) is 3. The quantitative estimate of drug-likeness (QED) is 0.569. The van der Waals surface area contributed by atoms with E-state index in [2.05, 4.69) is 37.6 Å². The second-order valence-corrected chi connectivity index (χ2v) is 7.03. The molecule has 7 heteroatoms. The van der Waals surface area contributed by atoms with E-state index in [4.69, 9.17) is 0 Å². The summed E-state index contributed by atoms with van der Waals surface area (Å²) in [5, 5.41) is 15.7. The Morgan fingerprint density at radius 2 is 1.62 bits per heavy atom. The van der Waals surface area contributed by atoms with Gasteiger partial charge >= 0.3 is 5.97 Å². The fourth-order valence-electron chi connectivity index (χ4n) is 3.49. The summed E-state index contributed by atoms with van der Waals surface area (Å²) in [6, 6.07) is 16.8. The van der Waals surface area contributed by atoms with Gasteiger partial charge in [-0.3, -0.25) is 0 Å². The number of aryl methyl sites for hydroxylation is 1. The van der Waals surface area contributed by atoms with E-state index < -0.39 is 5.97 Å². The van der Waals surface area contributed by atoms with Crippen molar-refractivity contribution in [3.63, 3.8) is 0 Å². The first-order valence-electron chi connectivity index (χ1n) is 9.65. The summed E-state index contributed by atoms with van der Waals surface area (Å²) in [5.74, 6) is 0.762. The van der Waals surface area contributed by atoms with Crippen molar-refractivity contribution >= 4 is 34.7 Å². The fourth-order valence-corrected chi connectivity index (χ4v) is 3.49. The molecule has 148 valence electrons. The van der Waals surface area contributed by atoms with Gasteiger partial charge in [0.15, 0.2) is 0 Å². The highest BCUT2D eigenvalue weighted by Crippen LogP contribution is 2.25. The molecule has 2 heterocycles. The molecule has 0 radical (unpaired) electrons. The van der Waals surface area contributed by atoms with Gasteiger partial charge in [-0.2, -0.15) is 0 Å². The average Bonchev–Trinajstić information content (AvgIpc) is 3.23. The molecule has 0 atom stereocenters. The molecule has 0 saturated carbocycles. The third-order valence-corrected chi connectivity index (χ3v) is 4.87. The van der Waals surface area contributed by atoms with E-state index in [1.807, 2.05) is 12.1 Å². The van der Waals surface area contributed by atoms with Crippen LogP contribution in [-0.2, 0) is 0 Å². The zero-order valence-corrected chi connectivity index (χ0v) is 16.2. The summed E-state index contributed by atoms with van der Waals surface area (Å²) >= 11 is 0. The number of aromatic nitrogens is 2. The van der Waals surface area contributed by atoms with Crippen molar-refractivity contribution in [2.75, 3.05) is 28.6 Å². The van der Waals surface area contributed by atoms with E-state index in [-0.39, 0.29) is 5.56 Å². The number of hydrogen-bond acceptors (Lipinski definition) is 6. The number of carboxylic acid groups (broad SMARTS) is 1. The molecule has 0 unspecified atom stereocenters. The first kappa shape index (κ1) is 18.7. The van der Waals surface area contributed by atoms with E-state index >= 15 is 0 Å². The Morgan fingerprint density at radius 3 is 2.31 bits per heavy atom. The van der Waals surface area contributed by atoms with Crippen LogP contribution in [0.2, 0.25) is 0 Å². The first-order chi connectivity index (χ1) is 14.1. The Labute approximate surface area is 169 Å². The molecule has 1 aliphatic heterocycles. The number of aromatic carboxylic acids is 1. The lowest BCUT2D eigenvalue weighted by Crippen LogP contribution is -2.17. The minimum absolute atomic E-state index is 0.191. The highest BCUT2D eigenvalue weighted by atomic mass is 16.4. The predicted molar refractivity (Wildman–Crippen MR) is 115 cm³/mol. The van der Waals surface area contributed by atoms with E-state index in [0.29, 0.717) is 23.1 Å². The van der Waals surface area contributed by atoms with Crippen molar-refractivity contribution < 1.29 is 9.90 Å². The highest BCUT2D eigenvalue weighted by Gasteiger charge is 2.13. The molecule has 1 saturated heterocycles. The molecule has 1 aliphatic rings. The SMILES string of the molecule is Cc1nc(Nc2ccc(N3CCCC3)cc2)cc(Nc2ccccc2C(=O)O)n1. The molecule has 1 aromatic heterocycles. The van der Waals surface area contributed by atoms with Crippen molar-refractivity contribution in [2.45, 2.75) is 19.8 Å². The Bertz CT molecular complexity index is 1010. The largest absolute Gasteiger partial charge is 0.478 e. The number of anilines is 5. The normalized spacial score (nSPS) is 13.3. The molecule has 3 aromatic rings. The summed E-state index contributed by atoms with van der Waals surface area (Å²) in [6.07, 6.45) is 2.50. The lowest BCUT2D eigenvalue weighted by Gasteiger charge is -2.18. The van der Waals surface area contributed by atoms with Crippen molar-refractivity contribution in [3.8, 4) is 0 Å². The number of carbonyl (C=O) groups is 1. The van der Waals surface area contributed by atoms with E-state index in [0.717, 1.165) is 18.8 Å². The number of nitrogens with zero attached hydrogens (tertiary/aromatic N) is 3. The maximum absolute atomic E-state index is 11.4. The van der Waals surface area contributed by atoms with Gasteiger partial charge in [-0.15, -0.1) is 0 Å². The summed E-state index contributed by atoms with van der Waals surface area (Å²) in [5.41, 5.74) is 2.84. The smallest absolute Gasteiger partial charge is 0.337 e. The second kappa shape index (κ2) is 8.18. The lowest BCUT2D eigenvalue weighted by atomic mass is 10.2. The van der Waals surface area contributed by atoms with Crippen molar-refractivity contribution in [1.29, 1.82) is 0 Å². The van der Waals surface area contributed by atoms with Crippen LogP contribution in [-0.4, -0.2) is 34.1 Å². The van der Waals surface area contributed by atoms with Gasteiger partial charge in [0.2, 0.25) is 0 Å². The van der Waals surface area contributed by atoms with Crippen molar-refractivity contribution in [1.82, 2.24) is 9.97 Å². The van der Waals surface area contributed by atoms with Gasteiger partial charge in [-0.1, -0.05) is 12.1 Å². The van der Waals surface area contributed by atoms with Gasteiger partial charge in [-0.05, 0) is 56.2 Å². The number of rotatable bonds is 6. The number of nitrogens with one attached hydrogen (secondary N) is 2. The van der Waals surface area contributed by atoms with Gasteiger partial charge < -0.3 is 20.6 Å². The molecule has 3 N–H and O–H groups in total.